The van der Waals surface area contributed by atoms with Crippen molar-refractivity contribution in [2.75, 3.05) is 27.5 Å². The van der Waals surface area contributed by atoms with Crippen molar-refractivity contribution in [3.8, 4) is 17.2 Å². The number of hydrogen-bond donors (Lipinski definition) is 0. The standard InChI is InChI=1S/C30H41NO4/c1-20(12-13-24-21(2)10-8-15-30(24,3)4)9-7-11-23(32)18-25-27-22(14-16-31(25)5)17-26-28(29(27)33-6)35-19-34-26/h7,9,11,17,25H,8,10,12-16,18-19H2,1-6H3/b11-7-,20-9+/t25-/m1/s1. The van der Waals surface area contributed by atoms with E-state index < -0.39 is 0 Å². The molecule has 1 aromatic rings. The van der Waals surface area contributed by atoms with Gasteiger partial charge in [-0.1, -0.05) is 42.7 Å². The maximum atomic E-state index is 13.0. The van der Waals surface area contributed by atoms with Crippen LogP contribution in [-0.4, -0.2) is 38.2 Å². The summed E-state index contributed by atoms with van der Waals surface area (Å²) >= 11 is 0. The van der Waals surface area contributed by atoms with Gasteiger partial charge in [0.25, 0.3) is 0 Å². The van der Waals surface area contributed by atoms with Crippen molar-refractivity contribution in [3.05, 3.63) is 52.1 Å². The van der Waals surface area contributed by atoms with Crippen LogP contribution in [0.15, 0.2) is 41.0 Å². The van der Waals surface area contributed by atoms with E-state index in [-0.39, 0.29) is 18.6 Å². The summed E-state index contributed by atoms with van der Waals surface area (Å²) in [5.41, 5.74) is 7.06. The van der Waals surface area contributed by atoms with Crippen LogP contribution in [-0.2, 0) is 11.2 Å². The van der Waals surface area contributed by atoms with Crippen molar-refractivity contribution >= 4 is 5.78 Å². The van der Waals surface area contributed by atoms with E-state index in [9.17, 15) is 4.79 Å². The summed E-state index contributed by atoms with van der Waals surface area (Å²) in [7, 11) is 3.73. The van der Waals surface area contributed by atoms with Gasteiger partial charge in [-0.2, -0.15) is 0 Å². The molecule has 0 bridgehead atoms. The molecule has 4 rings (SSSR count). The van der Waals surface area contributed by atoms with Crippen molar-refractivity contribution < 1.29 is 19.0 Å². The van der Waals surface area contributed by atoms with Gasteiger partial charge in [-0.15, -0.1) is 0 Å². The van der Waals surface area contributed by atoms with Gasteiger partial charge in [-0.25, -0.2) is 0 Å². The third kappa shape index (κ3) is 5.50. The zero-order chi connectivity index (χ0) is 25.2. The second-order valence-corrected chi connectivity index (χ2v) is 11.0. The number of rotatable bonds is 8. The normalized spacial score (nSPS) is 22.0. The minimum Gasteiger partial charge on any atom is -0.492 e. The minimum atomic E-state index is -0.0473. The predicted octanol–water partition coefficient (Wildman–Crippen LogP) is 6.72. The van der Waals surface area contributed by atoms with Crippen LogP contribution in [0.4, 0.5) is 0 Å². The van der Waals surface area contributed by atoms with Gasteiger partial charge in [0.15, 0.2) is 17.3 Å². The first-order chi connectivity index (χ1) is 16.7. The second kappa shape index (κ2) is 10.6. The van der Waals surface area contributed by atoms with Crippen LogP contribution in [0.5, 0.6) is 17.2 Å². The minimum absolute atomic E-state index is 0.0473. The lowest BCUT2D eigenvalue weighted by Crippen LogP contribution is -2.33. The molecule has 190 valence electrons. The molecule has 0 N–H and O–H groups in total. The number of carbonyl (C=O) groups excluding carboxylic acids is 1. The summed E-state index contributed by atoms with van der Waals surface area (Å²) < 4.78 is 17.0. The topological polar surface area (TPSA) is 48.0 Å². The summed E-state index contributed by atoms with van der Waals surface area (Å²) in [5.74, 6) is 2.21. The molecule has 2 aliphatic heterocycles. The molecule has 0 unspecified atom stereocenters. The van der Waals surface area contributed by atoms with Crippen molar-refractivity contribution in [2.24, 2.45) is 5.41 Å². The molecule has 0 saturated carbocycles. The predicted molar refractivity (Wildman–Crippen MR) is 140 cm³/mol. The number of carbonyl (C=O) groups is 1. The molecule has 0 fully saturated rings. The maximum Gasteiger partial charge on any atom is 0.231 e. The van der Waals surface area contributed by atoms with Crippen molar-refractivity contribution in [3.63, 3.8) is 0 Å². The van der Waals surface area contributed by atoms with Gasteiger partial charge in [0.2, 0.25) is 12.5 Å². The first-order valence-electron chi connectivity index (χ1n) is 13.0. The highest BCUT2D eigenvalue weighted by Crippen LogP contribution is 2.50. The van der Waals surface area contributed by atoms with Gasteiger partial charge in [0, 0.05) is 24.6 Å². The van der Waals surface area contributed by atoms with Gasteiger partial charge < -0.3 is 14.2 Å². The Kier molecular flexibility index (Phi) is 7.75. The van der Waals surface area contributed by atoms with Crippen LogP contribution in [0.1, 0.15) is 83.4 Å². The van der Waals surface area contributed by atoms with E-state index in [2.05, 4.69) is 51.8 Å². The van der Waals surface area contributed by atoms with Crippen LogP contribution in [0.3, 0.4) is 0 Å². The summed E-state index contributed by atoms with van der Waals surface area (Å²) in [5, 5.41) is 0. The first-order valence-corrected chi connectivity index (χ1v) is 13.0. The van der Waals surface area contributed by atoms with Gasteiger partial charge >= 0.3 is 0 Å². The molecule has 0 aromatic heterocycles. The number of nitrogens with zero attached hydrogens (tertiary/aromatic N) is 1. The third-order valence-electron chi connectivity index (χ3n) is 8.06. The van der Waals surface area contributed by atoms with Gasteiger partial charge in [0.05, 0.1) is 7.11 Å². The van der Waals surface area contributed by atoms with E-state index >= 15 is 0 Å². The fourth-order valence-corrected chi connectivity index (χ4v) is 5.99. The number of ether oxygens (including phenoxy) is 3. The molecule has 1 aliphatic carbocycles. The van der Waals surface area contributed by atoms with E-state index in [0.717, 1.165) is 37.1 Å². The highest BCUT2D eigenvalue weighted by Gasteiger charge is 2.34. The monoisotopic (exact) mass is 479 g/mol. The maximum absolute atomic E-state index is 13.0. The Morgan fingerprint density at radius 1 is 1.29 bits per heavy atom. The molecular formula is C30H41NO4. The summed E-state index contributed by atoms with van der Waals surface area (Å²) in [6, 6.07) is 2.01. The van der Waals surface area contributed by atoms with Crippen LogP contribution in [0, 0.1) is 5.41 Å². The van der Waals surface area contributed by atoms with Crippen LogP contribution < -0.4 is 14.2 Å². The average molecular weight is 480 g/mol. The molecule has 1 aromatic carbocycles. The lowest BCUT2D eigenvalue weighted by molar-refractivity contribution is -0.115. The Balaban J connectivity index is 1.42. The summed E-state index contributed by atoms with van der Waals surface area (Å²) in [6.45, 7) is 10.3. The van der Waals surface area contributed by atoms with Crippen LogP contribution >= 0.6 is 0 Å². The molecule has 0 saturated heterocycles. The van der Waals surface area contributed by atoms with Crippen molar-refractivity contribution in [2.45, 2.75) is 78.7 Å². The number of ketones is 1. The van der Waals surface area contributed by atoms with E-state index in [1.807, 2.05) is 6.08 Å². The zero-order valence-electron chi connectivity index (χ0n) is 22.3. The van der Waals surface area contributed by atoms with Gasteiger partial charge in [-0.05, 0) is 82.5 Å². The molecule has 0 radical (unpaired) electrons. The number of likely N-dealkylation sites (N-methyl/N-ethyl adjacent to an activating group) is 1. The number of methoxy groups -OCH3 is 1. The quantitative estimate of drug-likeness (QED) is 0.235. The van der Waals surface area contributed by atoms with E-state index in [1.54, 1.807) is 24.3 Å². The molecule has 35 heavy (non-hydrogen) atoms. The molecule has 0 spiro atoms. The summed E-state index contributed by atoms with van der Waals surface area (Å²) in [4.78, 5) is 15.2. The lowest BCUT2D eigenvalue weighted by Gasteiger charge is -2.35. The number of fused-ring (bicyclic) bond motifs is 2. The molecule has 0 amide bonds. The van der Waals surface area contributed by atoms with Crippen LogP contribution in [0.25, 0.3) is 0 Å². The Hall–Kier alpha value is -2.53. The SMILES string of the molecule is COc1c2c(cc3c1[C@@H](CC(=O)/C=C\C=C(/C)CCC1=C(C)CCCC1(C)C)N(C)CC3)OCO2. The summed E-state index contributed by atoms with van der Waals surface area (Å²) in [6.07, 6.45) is 13.0. The molecule has 1 atom stereocenters. The number of hydrogen-bond acceptors (Lipinski definition) is 5. The Morgan fingerprint density at radius 2 is 2.09 bits per heavy atom. The first kappa shape index (κ1) is 25.6. The molecule has 5 nitrogen and oxygen atoms in total. The highest BCUT2D eigenvalue weighted by molar-refractivity contribution is 5.90. The van der Waals surface area contributed by atoms with Crippen LogP contribution in [0.2, 0.25) is 0 Å². The second-order valence-electron chi connectivity index (χ2n) is 11.0. The third-order valence-corrected chi connectivity index (χ3v) is 8.06. The number of benzene rings is 1. The molecule has 2 heterocycles. The largest absolute Gasteiger partial charge is 0.492 e. The highest BCUT2D eigenvalue weighted by atomic mass is 16.7. The average Bonchev–Trinajstić information content (AvgIpc) is 3.27. The van der Waals surface area contributed by atoms with Gasteiger partial charge in [-0.3, -0.25) is 9.69 Å². The number of allylic oxidation sites excluding steroid dienone is 6. The van der Waals surface area contributed by atoms with E-state index in [4.69, 9.17) is 14.2 Å². The molecule has 3 aliphatic rings. The molecular weight excluding hydrogens is 438 g/mol. The Bertz CT molecular complexity index is 1060. The zero-order valence-corrected chi connectivity index (χ0v) is 22.3. The van der Waals surface area contributed by atoms with E-state index in [1.165, 1.54) is 30.4 Å². The fraction of sp³-hybridized carbons (Fsp3) is 0.567. The van der Waals surface area contributed by atoms with Crippen molar-refractivity contribution in [1.82, 2.24) is 4.90 Å². The fourth-order valence-electron chi connectivity index (χ4n) is 5.99. The Morgan fingerprint density at radius 3 is 2.83 bits per heavy atom. The van der Waals surface area contributed by atoms with Gasteiger partial charge in [0.1, 0.15) is 0 Å². The van der Waals surface area contributed by atoms with Crippen molar-refractivity contribution in [1.29, 1.82) is 0 Å². The lowest BCUT2D eigenvalue weighted by atomic mass is 9.71. The molecule has 5 heteroatoms. The smallest absolute Gasteiger partial charge is 0.231 e. The Labute approximate surface area is 210 Å². The van der Waals surface area contributed by atoms with E-state index in [0.29, 0.717) is 23.3 Å².